The fraction of sp³-hybridized carbons (Fsp3) is 0.600. The molecule has 0 spiro atoms. The highest BCUT2D eigenvalue weighted by molar-refractivity contribution is 7.99. The van der Waals surface area contributed by atoms with Crippen molar-refractivity contribution in [1.82, 2.24) is 5.32 Å². The molecule has 1 rings (SSSR count). The SMILES string of the molecule is CCCNC(CSCCC)Cc1ccc(Cl)c(F)c1. The maximum atomic E-state index is 13.4. The topological polar surface area (TPSA) is 12.0 Å². The number of benzene rings is 1. The zero-order chi connectivity index (χ0) is 14.1. The number of thioether (sulfide) groups is 1. The third-order valence-electron chi connectivity index (χ3n) is 2.82. The highest BCUT2D eigenvalue weighted by Crippen LogP contribution is 2.17. The molecule has 0 bridgehead atoms. The predicted molar refractivity (Wildman–Crippen MR) is 84.8 cm³/mol. The molecule has 108 valence electrons. The second-order valence-corrected chi connectivity index (χ2v) is 6.24. The lowest BCUT2D eigenvalue weighted by molar-refractivity contribution is 0.547. The van der Waals surface area contributed by atoms with E-state index >= 15 is 0 Å². The van der Waals surface area contributed by atoms with E-state index in [4.69, 9.17) is 11.6 Å². The molecule has 1 atom stereocenters. The molecule has 19 heavy (non-hydrogen) atoms. The van der Waals surface area contributed by atoms with Crippen molar-refractivity contribution in [3.8, 4) is 0 Å². The van der Waals surface area contributed by atoms with E-state index in [-0.39, 0.29) is 10.8 Å². The van der Waals surface area contributed by atoms with Crippen molar-refractivity contribution in [1.29, 1.82) is 0 Å². The molecule has 1 nitrogen and oxygen atoms in total. The van der Waals surface area contributed by atoms with E-state index in [9.17, 15) is 4.39 Å². The number of nitrogens with one attached hydrogen (secondary N) is 1. The number of halogens is 2. The molecule has 0 fully saturated rings. The van der Waals surface area contributed by atoms with Gasteiger partial charge in [-0.2, -0.15) is 11.8 Å². The van der Waals surface area contributed by atoms with E-state index < -0.39 is 0 Å². The van der Waals surface area contributed by atoms with Gasteiger partial charge in [0.2, 0.25) is 0 Å². The third-order valence-corrected chi connectivity index (χ3v) is 4.46. The molecule has 0 saturated carbocycles. The zero-order valence-corrected chi connectivity index (χ0v) is 13.3. The summed E-state index contributed by atoms with van der Waals surface area (Å²) >= 11 is 7.66. The molecule has 0 heterocycles. The highest BCUT2D eigenvalue weighted by atomic mass is 35.5. The molecule has 0 aliphatic rings. The smallest absolute Gasteiger partial charge is 0.142 e. The first-order valence-electron chi connectivity index (χ1n) is 6.92. The van der Waals surface area contributed by atoms with Gasteiger partial charge in [0.15, 0.2) is 0 Å². The molecule has 1 N–H and O–H groups in total. The summed E-state index contributed by atoms with van der Waals surface area (Å²) in [5.74, 6) is 1.92. The second kappa shape index (κ2) is 9.62. The lowest BCUT2D eigenvalue weighted by Gasteiger charge is -2.18. The molecule has 1 unspecified atom stereocenters. The predicted octanol–water partition coefficient (Wildman–Crippen LogP) is 4.53. The average Bonchev–Trinajstić information content (AvgIpc) is 2.40. The van der Waals surface area contributed by atoms with Crippen molar-refractivity contribution in [3.63, 3.8) is 0 Å². The zero-order valence-electron chi connectivity index (χ0n) is 11.7. The van der Waals surface area contributed by atoms with Gasteiger partial charge in [0.1, 0.15) is 5.82 Å². The molecule has 0 aliphatic carbocycles. The van der Waals surface area contributed by atoms with Crippen molar-refractivity contribution < 1.29 is 4.39 Å². The Morgan fingerprint density at radius 2 is 2.11 bits per heavy atom. The molecule has 0 saturated heterocycles. The molecule has 0 aliphatic heterocycles. The van der Waals surface area contributed by atoms with Crippen molar-refractivity contribution in [2.24, 2.45) is 0 Å². The van der Waals surface area contributed by atoms with Crippen LogP contribution in [-0.2, 0) is 6.42 Å². The lowest BCUT2D eigenvalue weighted by atomic mass is 10.1. The highest BCUT2D eigenvalue weighted by Gasteiger charge is 2.10. The van der Waals surface area contributed by atoms with E-state index in [1.165, 1.54) is 12.2 Å². The number of rotatable bonds is 9. The van der Waals surface area contributed by atoms with E-state index in [1.54, 1.807) is 12.1 Å². The monoisotopic (exact) mass is 303 g/mol. The summed E-state index contributed by atoms with van der Waals surface area (Å²) in [6.07, 6.45) is 3.16. The van der Waals surface area contributed by atoms with Gasteiger partial charge < -0.3 is 5.32 Å². The normalized spacial score (nSPS) is 12.6. The maximum Gasteiger partial charge on any atom is 0.142 e. The molecule has 0 radical (unpaired) electrons. The first-order valence-corrected chi connectivity index (χ1v) is 8.45. The summed E-state index contributed by atoms with van der Waals surface area (Å²) in [4.78, 5) is 0. The fourth-order valence-corrected chi connectivity index (χ4v) is 2.95. The summed E-state index contributed by atoms with van der Waals surface area (Å²) in [7, 11) is 0. The van der Waals surface area contributed by atoms with Crippen molar-refractivity contribution in [3.05, 3.63) is 34.6 Å². The first-order chi connectivity index (χ1) is 9.17. The van der Waals surface area contributed by atoms with E-state index in [2.05, 4.69) is 19.2 Å². The van der Waals surface area contributed by atoms with Gasteiger partial charge in [0, 0.05) is 11.8 Å². The second-order valence-electron chi connectivity index (χ2n) is 4.68. The van der Waals surface area contributed by atoms with Crippen LogP contribution in [0.2, 0.25) is 5.02 Å². The Hall–Kier alpha value is -0.250. The van der Waals surface area contributed by atoms with Crippen molar-refractivity contribution in [2.75, 3.05) is 18.1 Å². The van der Waals surface area contributed by atoms with Gasteiger partial charge in [-0.25, -0.2) is 4.39 Å². The van der Waals surface area contributed by atoms with Crippen molar-refractivity contribution >= 4 is 23.4 Å². The van der Waals surface area contributed by atoms with Gasteiger partial charge >= 0.3 is 0 Å². The molecule has 4 heteroatoms. The van der Waals surface area contributed by atoms with Crippen LogP contribution in [0, 0.1) is 5.82 Å². The average molecular weight is 304 g/mol. The quantitative estimate of drug-likeness (QED) is 0.673. The largest absolute Gasteiger partial charge is 0.313 e. The van der Waals surface area contributed by atoms with Crippen LogP contribution in [0.25, 0.3) is 0 Å². The van der Waals surface area contributed by atoms with Gasteiger partial charge in [-0.1, -0.05) is 31.5 Å². The summed E-state index contributed by atoms with van der Waals surface area (Å²) in [6.45, 7) is 5.36. The Labute approximate surface area is 125 Å². The van der Waals surface area contributed by atoms with Gasteiger partial charge in [-0.3, -0.25) is 0 Å². The Balaban J connectivity index is 2.56. The van der Waals surface area contributed by atoms with Crippen LogP contribution in [0.4, 0.5) is 4.39 Å². The lowest BCUT2D eigenvalue weighted by Crippen LogP contribution is -2.34. The summed E-state index contributed by atoms with van der Waals surface area (Å²) < 4.78 is 13.4. The van der Waals surface area contributed by atoms with Gasteiger partial charge in [-0.05, 0) is 49.3 Å². The fourth-order valence-electron chi connectivity index (χ4n) is 1.86. The minimum atomic E-state index is -0.324. The van der Waals surface area contributed by atoms with Crippen LogP contribution < -0.4 is 5.32 Å². The molecule has 1 aromatic carbocycles. The molecule has 0 amide bonds. The summed E-state index contributed by atoms with van der Waals surface area (Å²) in [5, 5.41) is 3.73. The first kappa shape index (κ1) is 16.8. The van der Waals surface area contributed by atoms with Crippen LogP contribution in [0.3, 0.4) is 0 Å². The summed E-state index contributed by atoms with van der Waals surface area (Å²) in [5.41, 5.74) is 1.01. The molecule has 1 aromatic rings. The van der Waals surface area contributed by atoms with Crippen LogP contribution >= 0.6 is 23.4 Å². The molecule has 0 aromatic heterocycles. The van der Waals surface area contributed by atoms with Gasteiger partial charge in [-0.15, -0.1) is 0 Å². The van der Waals surface area contributed by atoms with Gasteiger partial charge in [0.05, 0.1) is 5.02 Å². The van der Waals surface area contributed by atoms with E-state index in [1.807, 2.05) is 17.8 Å². The van der Waals surface area contributed by atoms with E-state index in [0.29, 0.717) is 6.04 Å². The molecular weight excluding hydrogens is 281 g/mol. The Bertz CT molecular complexity index is 373. The van der Waals surface area contributed by atoms with Crippen LogP contribution in [-0.4, -0.2) is 24.1 Å². The van der Waals surface area contributed by atoms with E-state index in [0.717, 1.165) is 30.7 Å². The van der Waals surface area contributed by atoms with Crippen LogP contribution in [0.1, 0.15) is 32.3 Å². The maximum absolute atomic E-state index is 13.4. The number of hydrogen-bond donors (Lipinski definition) is 1. The summed E-state index contributed by atoms with van der Waals surface area (Å²) in [6, 6.07) is 5.50. The standard InChI is InChI=1S/C15H23ClFNS/c1-3-7-18-13(11-19-8-4-2)9-12-5-6-14(16)15(17)10-12/h5-6,10,13,18H,3-4,7-9,11H2,1-2H3. The third kappa shape index (κ3) is 6.64. The Morgan fingerprint density at radius 1 is 1.32 bits per heavy atom. The van der Waals surface area contributed by atoms with Crippen molar-refractivity contribution in [2.45, 2.75) is 39.2 Å². The number of hydrogen-bond acceptors (Lipinski definition) is 2. The minimum Gasteiger partial charge on any atom is -0.313 e. The van der Waals surface area contributed by atoms with Crippen LogP contribution in [0.15, 0.2) is 18.2 Å². The van der Waals surface area contributed by atoms with Crippen LogP contribution in [0.5, 0.6) is 0 Å². The van der Waals surface area contributed by atoms with Gasteiger partial charge in [0.25, 0.3) is 0 Å². The minimum absolute atomic E-state index is 0.196. The Kier molecular flexibility index (Phi) is 8.51. The molecular formula is C15H23ClFNS. The Morgan fingerprint density at radius 3 is 2.74 bits per heavy atom.